The molecule has 1 aliphatic heterocycles. The minimum atomic E-state index is -0.534. The van der Waals surface area contributed by atoms with E-state index < -0.39 is 5.60 Å². The normalized spacial score (nSPS) is 35.6. The van der Waals surface area contributed by atoms with Crippen molar-refractivity contribution in [3.63, 3.8) is 0 Å². The lowest BCUT2D eigenvalue weighted by molar-refractivity contribution is -0.0863. The van der Waals surface area contributed by atoms with Gasteiger partial charge in [0.25, 0.3) is 0 Å². The van der Waals surface area contributed by atoms with Crippen LogP contribution in [0, 0.1) is 5.92 Å². The molecule has 5 heteroatoms. The summed E-state index contributed by atoms with van der Waals surface area (Å²) in [5.41, 5.74) is 0.636. The van der Waals surface area contributed by atoms with Crippen molar-refractivity contribution < 1.29 is 5.11 Å². The highest BCUT2D eigenvalue weighted by molar-refractivity contribution is 6.29. The maximum atomic E-state index is 10.0. The first kappa shape index (κ1) is 11.2. The van der Waals surface area contributed by atoms with E-state index in [4.69, 9.17) is 11.6 Å². The van der Waals surface area contributed by atoms with Crippen LogP contribution in [-0.4, -0.2) is 33.5 Å². The van der Waals surface area contributed by atoms with Crippen LogP contribution in [-0.2, 0) is 6.42 Å². The zero-order valence-electron chi connectivity index (χ0n) is 10.0. The summed E-state index contributed by atoms with van der Waals surface area (Å²) in [5.74, 6) is 1.22. The molecule has 0 amide bonds. The van der Waals surface area contributed by atoms with E-state index in [2.05, 4.69) is 22.0 Å². The van der Waals surface area contributed by atoms with Gasteiger partial charge in [0.15, 0.2) is 11.0 Å². The van der Waals surface area contributed by atoms with Gasteiger partial charge in [-0.2, -0.15) is 0 Å². The first-order chi connectivity index (χ1) is 7.99. The van der Waals surface area contributed by atoms with Crippen LogP contribution in [0.3, 0.4) is 0 Å². The quantitative estimate of drug-likeness (QED) is 0.827. The Labute approximate surface area is 106 Å². The van der Waals surface area contributed by atoms with Crippen molar-refractivity contribution in [3.05, 3.63) is 16.8 Å². The Morgan fingerprint density at radius 2 is 2.29 bits per heavy atom. The Kier molecular flexibility index (Phi) is 2.35. The van der Waals surface area contributed by atoms with Crippen molar-refractivity contribution in [2.45, 2.75) is 38.3 Å². The van der Waals surface area contributed by atoms with Gasteiger partial charge in [-0.1, -0.05) is 18.5 Å². The second-order valence-electron chi connectivity index (χ2n) is 5.38. The number of hydrogen-bond acceptors (Lipinski definition) is 4. The summed E-state index contributed by atoms with van der Waals surface area (Å²) in [6.07, 6.45) is 1.77. The lowest BCUT2D eigenvalue weighted by Gasteiger charge is -2.52. The third-order valence-corrected chi connectivity index (χ3v) is 4.48. The van der Waals surface area contributed by atoms with E-state index in [1.54, 1.807) is 0 Å². The van der Waals surface area contributed by atoms with E-state index in [1.807, 2.05) is 13.0 Å². The molecule has 0 aromatic carbocycles. The summed E-state index contributed by atoms with van der Waals surface area (Å²) >= 11 is 5.84. The lowest BCUT2D eigenvalue weighted by atomic mass is 9.67. The number of halogens is 1. The van der Waals surface area contributed by atoms with E-state index in [1.165, 1.54) is 5.56 Å². The van der Waals surface area contributed by atoms with Crippen molar-refractivity contribution >= 4 is 17.4 Å². The molecular formula is C12H16ClN3O. The zero-order valence-corrected chi connectivity index (χ0v) is 10.8. The average Bonchev–Trinajstić information content (AvgIpc) is 2.68. The summed E-state index contributed by atoms with van der Waals surface area (Å²) in [6.45, 7) is 4.95. The standard InChI is InChI=1S/C12H16ClN3O/c1-7-9(6-12(7,2)17)16-4-3-8-5-10(13)14-15-11(8)16/h5,7,9,17H,3-4,6H2,1-2H3. The number of rotatable bonds is 1. The highest BCUT2D eigenvalue weighted by atomic mass is 35.5. The van der Waals surface area contributed by atoms with E-state index >= 15 is 0 Å². The van der Waals surface area contributed by atoms with Crippen LogP contribution < -0.4 is 4.90 Å². The van der Waals surface area contributed by atoms with Crippen LogP contribution in [0.4, 0.5) is 5.82 Å². The number of fused-ring (bicyclic) bond motifs is 1. The molecule has 1 aliphatic carbocycles. The zero-order chi connectivity index (χ0) is 12.2. The molecule has 3 unspecified atom stereocenters. The summed E-state index contributed by atoms with van der Waals surface area (Å²) in [4.78, 5) is 2.27. The maximum Gasteiger partial charge on any atom is 0.154 e. The van der Waals surface area contributed by atoms with Gasteiger partial charge < -0.3 is 10.0 Å². The van der Waals surface area contributed by atoms with Gasteiger partial charge in [0, 0.05) is 24.1 Å². The second-order valence-corrected chi connectivity index (χ2v) is 5.76. The van der Waals surface area contributed by atoms with E-state index in [0.717, 1.165) is 25.2 Å². The van der Waals surface area contributed by atoms with Crippen LogP contribution in [0.5, 0.6) is 0 Å². The molecule has 92 valence electrons. The SMILES string of the molecule is CC1C(N2CCc3cc(Cl)nnc32)CC1(C)O. The highest BCUT2D eigenvalue weighted by Gasteiger charge is 2.50. The third kappa shape index (κ3) is 1.62. The fourth-order valence-corrected chi connectivity index (χ4v) is 3.08. The first-order valence-corrected chi connectivity index (χ1v) is 6.38. The number of nitrogens with zero attached hydrogens (tertiary/aromatic N) is 3. The van der Waals surface area contributed by atoms with Gasteiger partial charge in [0.05, 0.1) is 5.60 Å². The van der Waals surface area contributed by atoms with Gasteiger partial charge in [0.2, 0.25) is 0 Å². The highest BCUT2D eigenvalue weighted by Crippen LogP contribution is 2.44. The molecule has 1 saturated carbocycles. The molecular weight excluding hydrogens is 238 g/mol. The average molecular weight is 254 g/mol. The second kappa shape index (κ2) is 3.56. The van der Waals surface area contributed by atoms with Crippen LogP contribution in [0.1, 0.15) is 25.8 Å². The Morgan fingerprint density at radius 1 is 1.53 bits per heavy atom. The summed E-state index contributed by atoms with van der Waals surface area (Å²) in [5, 5.41) is 18.6. The summed E-state index contributed by atoms with van der Waals surface area (Å²) < 4.78 is 0. The largest absolute Gasteiger partial charge is 0.390 e. The Hall–Kier alpha value is -0.870. The van der Waals surface area contributed by atoms with E-state index in [-0.39, 0.29) is 5.92 Å². The third-order valence-electron chi connectivity index (χ3n) is 4.30. The molecule has 17 heavy (non-hydrogen) atoms. The molecule has 4 nitrogen and oxygen atoms in total. The minimum absolute atomic E-state index is 0.269. The number of aromatic nitrogens is 2. The Morgan fingerprint density at radius 3 is 2.94 bits per heavy atom. The Bertz CT molecular complexity index is 463. The smallest absolute Gasteiger partial charge is 0.154 e. The lowest BCUT2D eigenvalue weighted by Crippen LogP contribution is -2.61. The van der Waals surface area contributed by atoms with Crippen molar-refractivity contribution in [1.29, 1.82) is 0 Å². The van der Waals surface area contributed by atoms with Crippen molar-refractivity contribution in [2.24, 2.45) is 5.92 Å². The molecule has 0 bridgehead atoms. The number of aliphatic hydroxyl groups is 1. The maximum absolute atomic E-state index is 10.0. The summed E-state index contributed by atoms with van der Waals surface area (Å²) in [7, 11) is 0. The summed E-state index contributed by atoms with van der Waals surface area (Å²) in [6, 6.07) is 2.27. The molecule has 1 aromatic rings. The van der Waals surface area contributed by atoms with Crippen LogP contribution in [0.2, 0.25) is 5.15 Å². The molecule has 0 saturated heterocycles. The number of hydrogen-bond donors (Lipinski definition) is 1. The molecule has 1 aromatic heterocycles. The van der Waals surface area contributed by atoms with Gasteiger partial charge in [0.1, 0.15) is 0 Å². The van der Waals surface area contributed by atoms with Crippen LogP contribution in [0.25, 0.3) is 0 Å². The first-order valence-electron chi connectivity index (χ1n) is 6.00. The van der Waals surface area contributed by atoms with Gasteiger partial charge >= 0.3 is 0 Å². The number of anilines is 1. The van der Waals surface area contributed by atoms with Crippen molar-refractivity contribution in [2.75, 3.05) is 11.4 Å². The van der Waals surface area contributed by atoms with Crippen LogP contribution >= 0.6 is 11.6 Å². The molecule has 2 aliphatic rings. The predicted molar refractivity (Wildman–Crippen MR) is 66.3 cm³/mol. The van der Waals surface area contributed by atoms with Gasteiger partial charge in [-0.15, -0.1) is 10.2 Å². The molecule has 3 rings (SSSR count). The molecule has 1 N–H and O–H groups in total. The van der Waals surface area contributed by atoms with Gasteiger partial charge in [-0.25, -0.2) is 0 Å². The van der Waals surface area contributed by atoms with Gasteiger partial charge in [-0.3, -0.25) is 0 Å². The van der Waals surface area contributed by atoms with Crippen molar-refractivity contribution in [3.8, 4) is 0 Å². The van der Waals surface area contributed by atoms with Crippen LogP contribution in [0.15, 0.2) is 6.07 Å². The molecule has 0 spiro atoms. The molecule has 2 heterocycles. The molecule has 3 atom stereocenters. The monoisotopic (exact) mass is 253 g/mol. The molecule has 1 fully saturated rings. The van der Waals surface area contributed by atoms with E-state index in [0.29, 0.717) is 11.2 Å². The predicted octanol–water partition coefficient (Wildman–Crippen LogP) is 1.65. The minimum Gasteiger partial charge on any atom is -0.390 e. The van der Waals surface area contributed by atoms with Gasteiger partial charge in [-0.05, 0) is 25.8 Å². The van der Waals surface area contributed by atoms with E-state index in [9.17, 15) is 5.11 Å². The Balaban J connectivity index is 1.86. The van der Waals surface area contributed by atoms with Crippen molar-refractivity contribution in [1.82, 2.24) is 10.2 Å². The fraction of sp³-hybridized carbons (Fsp3) is 0.667. The molecule has 0 radical (unpaired) electrons. The topological polar surface area (TPSA) is 49.2 Å². The fourth-order valence-electron chi connectivity index (χ4n) is 2.91.